The van der Waals surface area contributed by atoms with Gasteiger partial charge in [0, 0.05) is 5.41 Å². The maximum absolute atomic E-state index is 12.4. The molecule has 0 spiro atoms. The number of phenolic OH excluding ortho intramolecular Hbond substituents is 2. The molecule has 4 heteroatoms. The molecule has 2 rings (SSSR count). The lowest BCUT2D eigenvalue weighted by Crippen LogP contribution is -2.29. The van der Waals surface area contributed by atoms with Gasteiger partial charge in [0.05, 0.1) is 13.5 Å². The van der Waals surface area contributed by atoms with Crippen LogP contribution in [0.4, 0.5) is 0 Å². The Balaban J connectivity index is 2.76. The zero-order valence-electron chi connectivity index (χ0n) is 18.9. The number of hydrogen-bond acceptors (Lipinski definition) is 4. The van der Waals surface area contributed by atoms with E-state index >= 15 is 0 Å². The average molecular weight is 399 g/mol. The third-order valence-corrected chi connectivity index (χ3v) is 5.61. The standard InChI is InChI=1S/C25H34O4/c1-23(2,3)18-13-16(9-11-20(18)26)25(7,15-22(28)29-8)17-10-12-21(27)19(14-17)24(4,5)6/h9-14,26-27H,15H2,1-8H3. The fourth-order valence-corrected chi connectivity index (χ4v) is 3.69. The van der Waals surface area contributed by atoms with Gasteiger partial charge in [-0.15, -0.1) is 0 Å². The monoisotopic (exact) mass is 398 g/mol. The molecule has 0 aliphatic carbocycles. The van der Waals surface area contributed by atoms with Gasteiger partial charge in [0.1, 0.15) is 11.5 Å². The number of aromatic hydroxyl groups is 2. The Morgan fingerprint density at radius 2 is 1.17 bits per heavy atom. The van der Waals surface area contributed by atoms with E-state index in [-0.39, 0.29) is 34.7 Å². The largest absolute Gasteiger partial charge is 0.508 e. The van der Waals surface area contributed by atoms with Crippen LogP contribution in [0.2, 0.25) is 0 Å². The summed E-state index contributed by atoms with van der Waals surface area (Å²) in [4.78, 5) is 12.4. The smallest absolute Gasteiger partial charge is 0.306 e. The molecule has 0 heterocycles. The van der Waals surface area contributed by atoms with E-state index in [0.717, 1.165) is 22.3 Å². The van der Waals surface area contributed by atoms with Crippen molar-refractivity contribution in [2.45, 2.75) is 71.1 Å². The summed E-state index contributed by atoms with van der Waals surface area (Å²) in [5.41, 5.74) is 2.28. The van der Waals surface area contributed by atoms with Crippen LogP contribution in [0.1, 0.15) is 77.1 Å². The van der Waals surface area contributed by atoms with Crippen LogP contribution in [0.25, 0.3) is 0 Å². The molecule has 0 radical (unpaired) electrons. The van der Waals surface area contributed by atoms with E-state index in [2.05, 4.69) is 0 Å². The number of hydrogen-bond donors (Lipinski definition) is 2. The highest BCUT2D eigenvalue weighted by atomic mass is 16.5. The third kappa shape index (κ3) is 4.75. The van der Waals surface area contributed by atoms with Crippen molar-refractivity contribution in [3.05, 3.63) is 58.7 Å². The first-order chi connectivity index (χ1) is 13.2. The van der Waals surface area contributed by atoms with E-state index in [1.807, 2.05) is 72.7 Å². The maximum atomic E-state index is 12.4. The molecule has 4 nitrogen and oxygen atoms in total. The Morgan fingerprint density at radius 1 is 0.793 bits per heavy atom. The van der Waals surface area contributed by atoms with Crippen molar-refractivity contribution in [2.24, 2.45) is 0 Å². The summed E-state index contributed by atoms with van der Waals surface area (Å²) in [6, 6.07) is 11.0. The molecular weight excluding hydrogens is 364 g/mol. The van der Waals surface area contributed by atoms with E-state index in [9.17, 15) is 15.0 Å². The topological polar surface area (TPSA) is 66.8 Å². The van der Waals surface area contributed by atoms with Gasteiger partial charge in [0.15, 0.2) is 0 Å². The SMILES string of the molecule is COC(=O)CC(C)(c1ccc(O)c(C(C)(C)C)c1)c1ccc(O)c(C(C)(C)C)c1. The van der Waals surface area contributed by atoms with Crippen molar-refractivity contribution < 1.29 is 19.7 Å². The quantitative estimate of drug-likeness (QED) is 0.662. The van der Waals surface area contributed by atoms with Crippen LogP contribution in [0, 0.1) is 0 Å². The molecule has 0 saturated carbocycles. The van der Waals surface area contributed by atoms with Crippen molar-refractivity contribution in [2.75, 3.05) is 7.11 Å². The lowest BCUT2D eigenvalue weighted by Gasteiger charge is -2.33. The molecule has 2 aromatic carbocycles. The fourth-order valence-electron chi connectivity index (χ4n) is 3.69. The van der Waals surface area contributed by atoms with Crippen LogP contribution in [-0.4, -0.2) is 23.3 Å². The summed E-state index contributed by atoms with van der Waals surface area (Å²) in [6.07, 6.45) is 0.145. The summed E-state index contributed by atoms with van der Waals surface area (Å²) in [7, 11) is 1.39. The van der Waals surface area contributed by atoms with E-state index in [1.54, 1.807) is 12.1 Å². The maximum Gasteiger partial charge on any atom is 0.306 e. The molecule has 0 atom stereocenters. The first kappa shape index (κ1) is 22.8. The Hall–Kier alpha value is -2.49. The normalized spacial score (nSPS) is 12.7. The Labute approximate surface area is 174 Å². The summed E-state index contributed by atoms with van der Waals surface area (Å²) < 4.78 is 4.99. The number of benzene rings is 2. The van der Waals surface area contributed by atoms with Gasteiger partial charge in [0.25, 0.3) is 0 Å². The Morgan fingerprint density at radius 3 is 1.48 bits per heavy atom. The van der Waals surface area contributed by atoms with Gasteiger partial charge < -0.3 is 14.9 Å². The summed E-state index contributed by atoms with van der Waals surface area (Å²) in [6.45, 7) is 14.3. The lowest BCUT2D eigenvalue weighted by molar-refractivity contribution is -0.141. The van der Waals surface area contributed by atoms with Crippen molar-refractivity contribution in [1.29, 1.82) is 0 Å². The molecule has 158 valence electrons. The Bertz CT molecular complexity index is 835. The number of phenols is 2. The van der Waals surface area contributed by atoms with Crippen molar-refractivity contribution in [3.63, 3.8) is 0 Å². The second-order valence-electron chi connectivity index (χ2n) is 10.0. The van der Waals surface area contributed by atoms with Gasteiger partial charge in [-0.25, -0.2) is 0 Å². The molecule has 0 fully saturated rings. The Kier molecular flexibility index (Phi) is 6.08. The summed E-state index contributed by atoms with van der Waals surface area (Å²) >= 11 is 0. The number of esters is 1. The molecule has 0 unspecified atom stereocenters. The number of methoxy groups -OCH3 is 1. The molecular formula is C25H34O4. The van der Waals surface area contributed by atoms with Crippen molar-refractivity contribution in [1.82, 2.24) is 0 Å². The molecule has 0 bridgehead atoms. The van der Waals surface area contributed by atoms with Crippen LogP contribution in [-0.2, 0) is 25.8 Å². The van der Waals surface area contributed by atoms with Crippen LogP contribution >= 0.6 is 0 Å². The highest BCUT2D eigenvalue weighted by Gasteiger charge is 2.35. The van der Waals surface area contributed by atoms with Crippen molar-refractivity contribution >= 4 is 5.97 Å². The molecule has 2 aromatic rings. The fraction of sp³-hybridized carbons (Fsp3) is 0.480. The van der Waals surface area contributed by atoms with Crippen molar-refractivity contribution in [3.8, 4) is 11.5 Å². The first-order valence-electron chi connectivity index (χ1n) is 9.95. The van der Waals surface area contributed by atoms with Crippen LogP contribution < -0.4 is 0 Å². The highest BCUT2D eigenvalue weighted by Crippen LogP contribution is 2.42. The summed E-state index contributed by atoms with van der Waals surface area (Å²) in [5, 5.41) is 20.8. The van der Waals surface area contributed by atoms with E-state index in [1.165, 1.54) is 7.11 Å². The number of carbonyl (C=O) groups is 1. The predicted octanol–water partition coefficient (Wildman–Crippen LogP) is 5.56. The van der Waals surface area contributed by atoms with Gasteiger partial charge in [-0.1, -0.05) is 72.7 Å². The molecule has 0 saturated heterocycles. The minimum atomic E-state index is -0.686. The second kappa shape index (κ2) is 7.74. The average Bonchev–Trinajstić information content (AvgIpc) is 2.60. The van der Waals surface area contributed by atoms with E-state index in [0.29, 0.717) is 0 Å². The minimum absolute atomic E-state index is 0.145. The van der Waals surface area contributed by atoms with Gasteiger partial charge in [0.2, 0.25) is 0 Å². The molecule has 0 aliphatic heterocycles. The molecule has 2 N–H and O–H groups in total. The van der Waals surface area contributed by atoms with Crippen LogP contribution in [0.3, 0.4) is 0 Å². The minimum Gasteiger partial charge on any atom is -0.508 e. The van der Waals surface area contributed by atoms with Gasteiger partial charge in [-0.05, 0) is 45.2 Å². The number of rotatable bonds is 4. The third-order valence-electron chi connectivity index (χ3n) is 5.61. The zero-order valence-corrected chi connectivity index (χ0v) is 18.9. The highest BCUT2D eigenvalue weighted by molar-refractivity contribution is 5.73. The summed E-state index contributed by atoms with van der Waals surface area (Å²) in [5.74, 6) is 0.161. The van der Waals surface area contributed by atoms with Crippen LogP contribution in [0.15, 0.2) is 36.4 Å². The zero-order chi connectivity index (χ0) is 22.2. The lowest BCUT2D eigenvalue weighted by atomic mass is 9.70. The first-order valence-corrected chi connectivity index (χ1v) is 9.95. The molecule has 0 aliphatic rings. The van der Waals surface area contributed by atoms with Gasteiger partial charge in [-0.2, -0.15) is 0 Å². The molecule has 29 heavy (non-hydrogen) atoms. The van der Waals surface area contributed by atoms with E-state index in [4.69, 9.17) is 4.74 Å². The van der Waals surface area contributed by atoms with Crippen LogP contribution in [0.5, 0.6) is 11.5 Å². The van der Waals surface area contributed by atoms with Gasteiger partial charge in [-0.3, -0.25) is 4.79 Å². The molecule has 0 amide bonds. The van der Waals surface area contributed by atoms with Gasteiger partial charge >= 0.3 is 5.97 Å². The second-order valence-corrected chi connectivity index (χ2v) is 10.0. The number of ether oxygens (including phenoxy) is 1. The molecule has 0 aromatic heterocycles. The predicted molar refractivity (Wildman–Crippen MR) is 117 cm³/mol. The number of carbonyl (C=O) groups excluding carboxylic acids is 1. The van der Waals surface area contributed by atoms with E-state index < -0.39 is 5.41 Å².